The van der Waals surface area contributed by atoms with Crippen LogP contribution in [0.4, 0.5) is 0 Å². The molecule has 0 saturated heterocycles. The second kappa shape index (κ2) is 10.7. The molecule has 1 atom stereocenters. The van der Waals surface area contributed by atoms with E-state index in [4.69, 9.17) is 28.4 Å². The van der Waals surface area contributed by atoms with Crippen LogP contribution in [-0.4, -0.2) is 46.6 Å². The number of carboxylic acids is 1. The minimum Gasteiger partial charge on any atom is -0.759 e. The fourth-order valence-electron chi connectivity index (χ4n) is 0.368. The van der Waals surface area contributed by atoms with Gasteiger partial charge >= 0.3 is 23.3 Å². The van der Waals surface area contributed by atoms with Crippen LogP contribution < -0.4 is 5.73 Å². The van der Waals surface area contributed by atoms with Gasteiger partial charge in [0.15, 0.2) is 0 Å². The van der Waals surface area contributed by atoms with Crippen molar-refractivity contribution in [2.45, 2.75) is 12.5 Å². The van der Waals surface area contributed by atoms with Crippen LogP contribution >= 0.6 is 11.8 Å². The van der Waals surface area contributed by atoms with Gasteiger partial charge < -0.3 is 19.9 Å². The smallest absolute Gasteiger partial charge is 0.759 e. The molecule has 7 nitrogen and oxygen atoms in total. The van der Waals surface area contributed by atoms with Gasteiger partial charge in [0.1, 0.15) is 6.04 Å². The van der Waals surface area contributed by atoms with E-state index in [0.29, 0.717) is 6.42 Å². The predicted molar refractivity (Wildman–Crippen MR) is 49.1 cm³/mol. The predicted octanol–water partition coefficient (Wildman–Crippen LogP) is -1.19. The number of hydrogen-bond donors (Lipinski definition) is 2. The van der Waals surface area contributed by atoms with E-state index >= 15 is 0 Å². The maximum absolute atomic E-state index is 10.1. The minimum absolute atomic E-state index is 0. The molecule has 0 spiro atoms. The standard InChI is InChI=1S/C5H11NO2S.Cr.H2O4S/c1-9-3-2-4(6)5(7)8;;1-5(2,3)4/h4H,2-3,6H2,1H3,(H,7,8);;(H2,1,2,3,4)/q;+2;/p-2. The fraction of sp³-hybridized carbons (Fsp3) is 0.800. The van der Waals surface area contributed by atoms with Crippen LogP contribution in [0.3, 0.4) is 0 Å². The summed E-state index contributed by atoms with van der Waals surface area (Å²) in [7, 11) is -5.17. The number of rotatable bonds is 4. The maximum Gasteiger partial charge on any atom is 2.00 e. The van der Waals surface area contributed by atoms with Crippen molar-refractivity contribution >= 4 is 28.1 Å². The summed E-state index contributed by atoms with van der Waals surface area (Å²) in [5, 5.41) is 8.27. The van der Waals surface area contributed by atoms with Gasteiger partial charge in [-0.25, -0.2) is 0 Å². The van der Waals surface area contributed by atoms with E-state index in [0.717, 1.165) is 5.75 Å². The third-order valence-electron chi connectivity index (χ3n) is 0.950. The molecular formula is C5H11CrNO6S2. The number of carboxylic acid groups (broad SMARTS) is 1. The molecule has 3 N–H and O–H groups in total. The van der Waals surface area contributed by atoms with Crippen LogP contribution in [0.2, 0.25) is 0 Å². The molecule has 0 aliphatic rings. The largest absolute Gasteiger partial charge is 2.00 e. The molecule has 0 aliphatic heterocycles. The molecule has 0 amide bonds. The Labute approximate surface area is 103 Å². The summed E-state index contributed by atoms with van der Waals surface area (Å²) >= 11 is 1.60. The van der Waals surface area contributed by atoms with Crippen LogP contribution in [-0.2, 0) is 32.6 Å². The van der Waals surface area contributed by atoms with Crippen LogP contribution in [0.15, 0.2) is 0 Å². The van der Waals surface area contributed by atoms with E-state index in [1.165, 1.54) is 0 Å². The normalized spacial score (nSPS) is 11.7. The van der Waals surface area contributed by atoms with E-state index < -0.39 is 22.4 Å². The van der Waals surface area contributed by atoms with E-state index in [1.807, 2.05) is 6.26 Å². The Morgan fingerprint density at radius 2 is 1.87 bits per heavy atom. The van der Waals surface area contributed by atoms with Crippen molar-refractivity contribution in [1.29, 1.82) is 0 Å². The van der Waals surface area contributed by atoms with E-state index in [9.17, 15) is 4.79 Å². The van der Waals surface area contributed by atoms with Gasteiger partial charge in [0.25, 0.3) is 0 Å². The molecule has 10 heteroatoms. The first-order valence-electron chi connectivity index (χ1n) is 3.32. The van der Waals surface area contributed by atoms with Gasteiger partial charge in [-0.15, -0.1) is 0 Å². The molecule has 0 bridgehead atoms. The van der Waals surface area contributed by atoms with Gasteiger partial charge in [-0.1, -0.05) is 0 Å². The molecule has 0 fully saturated rings. The summed E-state index contributed by atoms with van der Waals surface area (Å²) in [6, 6.07) is -0.683. The van der Waals surface area contributed by atoms with E-state index in [-0.39, 0.29) is 17.4 Å². The zero-order chi connectivity index (χ0) is 11.8. The van der Waals surface area contributed by atoms with Crippen LogP contribution in [0.25, 0.3) is 0 Å². The Balaban J connectivity index is -0.000000208. The number of hydrogen-bond acceptors (Lipinski definition) is 7. The van der Waals surface area contributed by atoms with Crippen molar-refractivity contribution in [3.63, 3.8) is 0 Å². The molecule has 1 unspecified atom stereocenters. The second-order valence-corrected chi connectivity index (χ2v) is 3.94. The zero-order valence-electron chi connectivity index (χ0n) is 7.78. The average Bonchev–Trinajstić information content (AvgIpc) is 1.96. The van der Waals surface area contributed by atoms with Crippen molar-refractivity contribution in [3.8, 4) is 0 Å². The maximum atomic E-state index is 10.1. The van der Waals surface area contributed by atoms with Crippen molar-refractivity contribution in [2.75, 3.05) is 12.0 Å². The third-order valence-corrected chi connectivity index (χ3v) is 1.59. The monoisotopic (exact) mass is 297 g/mol. The number of carbonyl (C=O) groups is 1. The number of thioether (sulfide) groups is 1. The summed E-state index contributed by atoms with van der Waals surface area (Å²) in [5.41, 5.74) is 5.19. The van der Waals surface area contributed by atoms with Gasteiger partial charge in [0.05, 0.1) is 0 Å². The first-order chi connectivity index (χ1) is 6.18. The van der Waals surface area contributed by atoms with Gasteiger partial charge in [-0.2, -0.15) is 11.8 Å². The molecular weight excluding hydrogens is 286 g/mol. The fourth-order valence-corrected chi connectivity index (χ4v) is 0.858. The second-order valence-electron chi connectivity index (χ2n) is 2.13. The Hall–Kier alpha value is 0.182. The summed E-state index contributed by atoms with van der Waals surface area (Å²) in [4.78, 5) is 10.1. The van der Waals surface area contributed by atoms with Gasteiger partial charge in [-0.3, -0.25) is 13.2 Å². The van der Waals surface area contributed by atoms with Crippen LogP contribution in [0.1, 0.15) is 6.42 Å². The van der Waals surface area contributed by atoms with Gasteiger partial charge in [0, 0.05) is 10.4 Å². The van der Waals surface area contributed by atoms with E-state index in [1.54, 1.807) is 11.8 Å². The molecule has 0 aromatic rings. The van der Waals surface area contributed by atoms with Gasteiger partial charge in [-0.05, 0) is 18.4 Å². The molecule has 0 saturated carbocycles. The van der Waals surface area contributed by atoms with Crippen molar-refractivity contribution in [1.82, 2.24) is 0 Å². The number of nitrogens with two attached hydrogens (primary N) is 1. The molecule has 90 valence electrons. The Kier molecular flexibility index (Phi) is 14.7. The summed E-state index contributed by atoms with van der Waals surface area (Å²) in [6.07, 6.45) is 2.48. The first-order valence-corrected chi connectivity index (χ1v) is 6.05. The number of aliphatic carboxylic acids is 1. The van der Waals surface area contributed by atoms with Crippen molar-refractivity contribution in [2.24, 2.45) is 5.73 Å². The minimum atomic E-state index is -5.17. The van der Waals surface area contributed by atoms with Crippen LogP contribution in [0, 0.1) is 0 Å². The zero-order valence-corrected chi connectivity index (χ0v) is 10.7. The molecule has 0 rings (SSSR count). The van der Waals surface area contributed by atoms with Gasteiger partial charge in [0.2, 0.25) is 0 Å². The summed E-state index contributed by atoms with van der Waals surface area (Å²) < 4.78 is 34.1. The SMILES string of the molecule is CSCCC(N)C(=O)O.O=S(=O)([O-])[O-].[Cr+2]. The van der Waals surface area contributed by atoms with Crippen molar-refractivity contribution in [3.05, 3.63) is 0 Å². The quantitative estimate of drug-likeness (QED) is 0.487. The third kappa shape index (κ3) is 31.4. The summed E-state index contributed by atoms with van der Waals surface area (Å²) in [5.74, 6) is -0.1000. The molecule has 0 aromatic carbocycles. The van der Waals surface area contributed by atoms with E-state index in [2.05, 4.69) is 0 Å². The Morgan fingerprint density at radius 3 is 2.07 bits per heavy atom. The first kappa shape index (κ1) is 20.6. The summed E-state index contributed by atoms with van der Waals surface area (Å²) in [6.45, 7) is 0. The topological polar surface area (TPSA) is 144 Å². The Bertz CT molecular complexity index is 248. The Morgan fingerprint density at radius 1 is 1.53 bits per heavy atom. The molecule has 0 radical (unpaired) electrons. The molecule has 15 heavy (non-hydrogen) atoms. The molecule has 0 aliphatic carbocycles. The average molecular weight is 297 g/mol. The van der Waals surface area contributed by atoms with Crippen LogP contribution in [0.5, 0.6) is 0 Å². The molecule has 0 heterocycles. The molecule has 0 aromatic heterocycles. The van der Waals surface area contributed by atoms with Crippen molar-refractivity contribution < 1.29 is 44.8 Å².